The highest BCUT2D eigenvalue weighted by molar-refractivity contribution is 8.00. The van der Waals surface area contributed by atoms with Gasteiger partial charge in [0.1, 0.15) is 5.03 Å². The number of esters is 1. The molecule has 10 heteroatoms. The second kappa shape index (κ2) is 11.0. The van der Waals surface area contributed by atoms with Crippen molar-refractivity contribution in [2.75, 3.05) is 24.5 Å². The molecule has 33 heavy (non-hydrogen) atoms. The zero-order valence-corrected chi connectivity index (χ0v) is 18.8. The van der Waals surface area contributed by atoms with Gasteiger partial charge in [-0.3, -0.25) is 9.59 Å². The van der Waals surface area contributed by atoms with E-state index in [0.717, 1.165) is 37.4 Å². The lowest BCUT2D eigenvalue weighted by molar-refractivity contribution is -0.125. The lowest BCUT2D eigenvalue weighted by atomic mass is 9.95. The van der Waals surface area contributed by atoms with Crippen molar-refractivity contribution in [3.63, 3.8) is 0 Å². The first-order valence-corrected chi connectivity index (χ1v) is 11.8. The van der Waals surface area contributed by atoms with Crippen LogP contribution in [0.2, 0.25) is 0 Å². The van der Waals surface area contributed by atoms with E-state index >= 15 is 0 Å². The zero-order chi connectivity index (χ0) is 23.0. The number of fused-ring (bicyclic) bond motifs is 1. The highest BCUT2D eigenvalue weighted by atomic mass is 32.2. The van der Waals surface area contributed by atoms with Crippen molar-refractivity contribution in [2.24, 2.45) is 0 Å². The second-order valence-electron chi connectivity index (χ2n) is 7.74. The molecule has 1 aromatic heterocycles. The summed E-state index contributed by atoms with van der Waals surface area (Å²) in [6, 6.07) is 8.45. The molecule has 2 aliphatic rings. The Morgan fingerprint density at radius 1 is 1.06 bits per heavy atom. The van der Waals surface area contributed by atoms with Crippen LogP contribution in [0.1, 0.15) is 42.5 Å². The molecule has 174 valence electrons. The molecule has 1 aromatic carbocycles. The van der Waals surface area contributed by atoms with Crippen LogP contribution >= 0.6 is 11.8 Å². The van der Waals surface area contributed by atoms with Crippen LogP contribution in [-0.4, -0.2) is 48.0 Å². The van der Waals surface area contributed by atoms with Gasteiger partial charge in [-0.05, 0) is 37.1 Å². The Morgan fingerprint density at radius 2 is 1.88 bits per heavy atom. The summed E-state index contributed by atoms with van der Waals surface area (Å²) in [6.45, 7) is -0.192. The van der Waals surface area contributed by atoms with Crippen molar-refractivity contribution >= 4 is 35.2 Å². The van der Waals surface area contributed by atoms with E-state index in [2.05, 4.69) is 15.6 Å². The molecule has 0 spiro atoms. The first kappa shape index (κ1) is 22.9. The number of anilines is 1. The summed E-state index contributed by atoms with van der Waals surface area (Å²) < 4.78 is 15.7. The fourth-order valence-corrected chi connectivity index (χ4v) is 4.47. The molecule has 2 amide bonds. The van der Waals surface area contributed by atoms with Crippen molar-refractivity contribution in [1.82, 2.24) is 10.3 Å². The summed E-state index contributed by atoms with van der Waals surface area (Å²) in [6.07, 6.45) is 6.84. The van der Waals surface area contributed by atoms with Crippen LogP contribution in [0, 0.1) is 0 Å². The molecule has 2 N–H and O–H groups in total. The van der Waals surface area contributed by atoms with Gasteiger partial charge in [0.25, 0.3) is 5.91 Å². The SMILES string of the molecule is O=C(CSc1ncccc1C(=O)OCC(=O)NC1CCCCC1)Nc1ccc2c(c1)OCO2. The Kier molecular flexibility index (Phi) is 7.66. The number of nitrogens with zero attached hydrogens (tertiary/aromatic N) is 1. The van der Waals surface area contributed by atoms with Crippen molar-refractivity contribution in [1.29, 1.82) is 0 Å². The molecule has 0 radical (unpaired) electrons. The smallest absolute Gasteiger partial charge is 0.341 e. The predicted octanol–water partition coefficient (Wildman–Crippen LogP) is 3.15. The molecule has 4 rings (SSSR count). The maximum Gasteiger partial charge on any atom is 0.341 e. The molecule has 2 aromatic rings. The fraction of sp³-hybridized carbons (Fsp3) is 0.391. The third kappa shape index (κ3) is 6.38. The number of aromatic nitrogens is 1. The van der Waals surface area contributed by atoms with Crippen LogP contribution in [0.5, 0.6) is 11.5 Å². The first-order valence-electron chi connectivity index (χ1n) is 10.8. The maximum absolute atomic E-state index is 12.5. The number of nitrogens with one attached hydrogen (secondary N) is 2. The molecule has 0 bridgehead atoms. The van der Waals surface area contributed by atoms with Gasteiger partial charge < -0.3 is 24.8 Å². The number of hydrogen-bond donors (Lipinski definition) is 2. The summed E-state index contributed by atoms with van der Waals surface area (Å²) >= 11 is 1.11. The number of pyridine rings is 1. The molecular weight excluding hydrogens is 446 g/mol. The van der Waals surface area contributed by atoms with E-state index in [1.807, 2.05) is 0 Å². The average Bonchev–Trinajstić information content (AvgIpc) is 3.30. The van der Waals surface area contributed by atoms with Gasteiger partial charge in [-0.1, -0.05) is 31.0 Å². The number of hydrogen-bond acceptors (Lipinski definition) is 8. The van der Waals surface area contributed by atoms with Gasteiger partial charge in [0, 0.05) is 24.0 Å². The Labute approximate surface area is 195 Å². The van der Waals surface area contributed by atoms with E-state index in [0.29, 0.717) is 22.2 Å². The quantitative estimate of drug-likeness (QED) is 0.446. The molecule has 1 aliphatic carbocycles. The van der Waals surface area contributed by atoms with Crippen LogP contribution in [0.25, 0.3) is 0 Å². The molecule has 1 fully saturated rings. The predicted molar refractivity (Wildman–Crippen MR) is 121 cm³/mol. The number of benzene rings is 1. The minimum atomic E-state index is -0.652. The maximum atomic E-state index is 12.5. The van der Waals surface area contributed by atoms with Gasteiger partial charge in [0.05, 0.1) is 11.3 Å². The largest absolute Gasteiger partial charge is 0.454 e. The van der Waals surface area contributed by atoms with Crippen LogP contribution in [0.3, 0.4) is 0 Å². The number of ether oxygens (including phenoxy) is 3. The van der Waals surface area contributed by atoms with E-state index in [1.54, 1.807) is 30.3 Å². The Hall–Kier alpha value is -3.27. The summed E-state index contributed by atoms with van der Waals surface area (Å²) in [5, 5.41) is 6.05. The number of carbonyl (C=O) groups excluding carboxylic acids is 3. The summed E-state index contributed by atoms with van der Waals surface area (Å²) in [7, 11) is 0. The van der Waals surface area contributed by atoms with Crippen molar-refractivity contribution in [3.05, 3.63) is 42.1 Å². The molecule has 0 saturated heterocycles. The van der Waals surface area contributed by atoms with Gasteiger partial charge >= 0.3 is 5.97 Å². The van der Waals surface area contributed by atoms with E-state index in [9.17, 15) is 14.4 Å². The first-order chi connectivity index (χ1) is 16.1. The van der Waals surface area contributed by atoms with Crippen molar-refractivity contribution in [2.45, 2.75) is 43.2 Å². The van der Waals surface area contributed by atoms with Crippen LogP contribution in [0.4, 0.5) is 5.69 Å². The average molecular weight is 472 g/mol. The van der Waals surface area contributed by atoms with Crippen LogP contribution in [-0.2, 0) is 14.3 Å². The van der Waals surface area contributed by atoms with Gasteiger partial charge in [-0.25, -0.2) is 9.78 Å². The molecule has 1 saturated carbocycles. The van der Waals surface area contributed by atoms with Gasteiger partial charge in [-0.15, -0.1) is 0 Å². The minimum Gasteiger partial charge on any atom is -0.454 e. The third-order valence-corrected chi connectivity index (χ3v) is 6.30. The lowest BCUT2D eigenvalue weighted by Gasteiger charge is -2.22. The summed E-state index contributed by atoms with van der Waals surface area (Å²) in [4.78, 5) is 41.2. The third-order valence-electron chi connectivity index (χ3n) is 5.29. The fourth-order valence-electron chi connectivity index (χ4n) is 3.69. The zero-order valence-electron chi connectivity index (χ0n) is 18.0. The summed E-state index contributed by atoms with van der Waals surface area (Å²) in [5.41, 5.74) is 0.790. The lowest BCUT2D eigenvalue weighted by Crippen LogP contribution is -2.38. The minimum absolute atomic E-state index is 0.0356. The number of amides is 2. The topological polar surface area (TPSA) is 116 Å². The Morgan fingerprint density at radius 3 is 2.73 bits per heavy atom. The molecule has 0 unspecified atom stereocenters. The number of thioether (sulfide) groups is 1. The standard InChI is InChI=1S/C23H25N3O6S/c27-20(25-15-5-2-1-3-6-15)12-30-23(29)17-7-4-10-24-22(17)33-13-21(28)26-16-8-9-18-19(11-16)32-14-31-18/h4,7-11,15H,1-3,5-6,12-14H2,(H,25,27)(H,26,28). The summed E-state index contributed by atoms with van der Waals surface area (Å²) in [5.74, 6) is 0.00959. The van der Waals surface area contributed by atoms with E-state index < -0.39 is 5.97 Å². The van der Waals surface area contributed by atoms with E-state index in [-0.39, 0.29) is 42.6 Å². The van der Waals surface area contributed by atoms with Gasteiger partial charge in [0.2, 0.25) is 12.7 Å². The van der Waals surface area contributed by atoms with Crippen LogP contribution in [0.15, 0.2) is 41.6 Å². The van der Waals surface area contributed by atoms with Gasteiger partial charge in [-0.2, -0.15) is 0 Å². The highest BCUT2D eigenvalue weighted by Crippen LogP contribution is 2.34. The van der Waals surface area contributed by atoms with Crippen molar-refractivity contribution < 1.29 is 28.6 Å². The molecule has 0 atom stereocenters. The number of carbonyl (C=O) groups is 3. The van der Waals surface area contributed by atoms with Crippen molar-refractivity contribution in [3.8, 4) is 11.5 Å². The monoisotopic (exact) mass is 471 g/mol. The molecule has 9 nitrogen and oxygen atoms in total. The molecule has 2 heterocycles. The molecular formula is C23H25N3O6S. The second-order valence-corrected chi connectivity index (χ2v) is 8.70. The van der Waals surface area contributed by atoms with E-state index in [1.165, 1.54) is 12.6 Å². The number of rotatable bonds is 8. The Balaban J connectivity index is 1.27. The highest BCUT2D eigenvalue weighted by Gasteiger charge is 2.20. The normalized spacial score (nSPS) is 15.0. The van der Waals surface area contributed by atoms with Gasteiger partial charge in [0.15, 0.2) is 18.1 Å². The van der Waals surface area contributed by atoms with E-state index in [4.69, 9.17) is 14.2 Å². The molecule has 1 aliphatic heterocycles. The van der Waals surface area contributed by atoms with Crippen LogP contribution < -0.4 is 20.1 Å². The Bertz CT molecular complexity index is 1030.